The molecular weight excluding hydrogens is 165 g/mol. The molecule has 0 unspecified atom stereocenters. The van der Waals surface area contributed by atoms with Gasteiger partial charge in [0.1, 0.15) is 0 Å². The van der Waals surface area contributed by atoms with Gasteiger partial charge in [-0.15, -0.1) is 0 Å². The minimum Gasteiger partial charge on any atom is -0.400 e. The van der Waals surface area contributed by atoms with E-state index in [2.05, 4.69) is 0 Å². The van der Waals surface area contributed by atoms with Gasteiger partial charge in [0.2, 0.25) is 0 Å². The van der Waals surface area contributed by atoms with Crippen LogP contribution >= 0.6 is 0 Å². The lowest BCUT2D eigenvalue weighted by Gasteiger charge is -2.32. The Morgan fingerprint density at radius 1 is 1.00 bits per heavy atom. The lowest BCUT2D eigenvalue weighted by molar-refractivity contribution is 0.00578. The summed E-state index contributed by atoms with van der Waals surface area (Å²) in [6.45, 7) is 6.98. The van der Waals surface area contributed by atoms with Crippen LogP contribution in [0.3, 0.4) is 0 Å². The summed E-state index contributed by atoms with van der Waals surface area (Å²) in [5, 5.41) is 0. The number of rotatable bonds is 1. The van der Waals surface area contributed by atoms with Crippen molar-refractivity contribution in [1.29, 1.82) is 0 Å². The van der Waals surface area contributed by atoms with E-state index in [1.165, 1.54) is 0 Å². The summed E-state index contributed by atoms with van der Waals surface area (Å²) in [7, 11) is -1.38. The molecular formula is C7H13BF2O2. The van der Waals surface area contributed by atoms with Crippen LogP contribution < -0.4 is 0 Å². The fourth-order valence-corrected chi connectivity index (χ4v) is 0.992. The van der Waals surface area contributed by atoms with Gasteiger partial charge in [0.15, 0.2) is 0 Å². The molecule has 0 aromatic heterocycles. The van der Waals surface area contributed by atoms with E-state index in [4.69, 9.17) is 9.31 Å². The number of alkyl halides is 2. The average molecular weight is 178 g/mol. The van der Waals surface area contributed by atoms with Crippen molar-refractivity contribution in [2.24, 2.45) is 0 Å². The molecule has 0 amide bonds. The minimum atomic E-state index is -2.58. The van der Waals surface area contributed by atoms with Crippen molar-refractivity contribution in [3.63, 3.8) is 0 Å². The van der Waals surface area contributed by atoms with Crippen LogP contribution in [0.5, 0.6) is 0 Å². The third-order valence-corrected chi connectivity index (χ3v) is 2.48. The molecule has 1 heterocycles. The molecule has 0 spiro atoms. The van der Waals surface area contributed by atoms with E-state index in [0.717, 1.165) is 0 Å². The minimum absolute atomic E-state index is 0.659. The standard InChI is InChI=1S/C7H13BF2O2/c1-6(2)7(3,4)12-8(11-6)5(9)10/h5H,1-4H3. The monoisotopic (exact) mass is 178 g/mol. The van der Waals surface area contributed by atoms with E-state index >= 15 is 0 Å². The quantitative estimate of drug-likeness (QED) is 0.570. The summed E-state index contributed by atoms with van der Waals surface area (Å²) in [4.78, 5) is 0. The van der Waals surface area contributed by atoms with Gasteiger partial charge in [-0.25, -0.2) is 8.78 Å². The van der Waals surface area contributed by atoms with Crippen molar-refractivity contribution in [3.8, 4) is 0 Å². The van der Waals surface area contributed by atoms with Crippen molar-refractivity contribution in [1.82, 2.24) is 0 Å². The lowest BCUT2D eigenvalue weighted by Crippen LogP contribution is -2.41. The van der Waals surface area contributed by atoms with Crippen LogP contribution in [0.1, 0.15) is 27.7 Å². The van der Waals surface area contributed by atoms with Crippen molar-refractivity contribution < 1.29 is 18.1 Å². The summed E-state index contributed by atoms with van der Waals surface area (Å²) in [6, 6.07) is 0. The second-order valence-electron chi connectivity index (χ2n) is 3.96. The third kappa shape index (κ3) is 1.48. The fourth-order valence-electron chi connectivity index (χ4n) is 0.992. The zero-order valence-electron chi connectivity index (χ0n) is 7.73. The average Bonchev–Trinajstić information content (AvgIpc) is 2.03. The second-order valence-corrected chi connectivity index (χ2v) is 3.96. The highest BCUT2D eigenvalue weighted by Crippen LogP contribution is 2.37. The Morgan fingerprint density at radius 2 is 1.33 bits per heavy atom. The predicted octanol–water partition coefficient (Wildman–Crippen LogP) is 1.88. The fraction of sp³-hybridized carbons (Fsp3) is 1.00. The molecule has 0 aromatic carbocycles. The van der Waals surface area contributed by atoms with Crippen LogP contribution in [0.15, 0.2) is 0 Å². The van der Waals surface area contributed by atoms with E-state index in [1.54, 1.807) is 27.7 Å². The molecule has 0 atom stereocenters. The van der Waals surface area contributed by atoms with Crippen LogP contribution in [0.4, 0.5) is 8.78 Å². The van der Waals surface area contributed by atoms with Crippen LogP contribution in [0.25, 0.3) is 0 Å². The van der Waals surface area contributed by atoms with E-state index in [-0.39, 0.29) is 0 Å². The van der Waals surface area contributed by atoms with Crippen molar-refractivity contribution in [3.05, 3.63) is 0 Å². The zero-order chi connectivity index (χ0) is 9.57. The van der Waals surface area contributed by atoms with Gasteiger partial charge >= 0.3 is 7.12 Å². The van der Waals surface area contributed by atoms with Gasteiger partial charge in [-0.1, -0.05) is 0 Å². The van der Waals surface area contributed by atoms with E-state index in [9.17, 15) is 8.78 Å². The number of halogens is 2. The highest BCUT2D eigenvalue weighted by molar-refractivity contribution is 6.46. The summed E-state index contributed by atoms with van der Waals surface area (Å²) < 4.78 is 34.5. The Hall–Kier alpha value is -0.155. The zero-order valence-corrected chi connectivity index (χ0v) is 7.73. The first kappa shape index (κ1) is 9.93. The van der Waals surface area contributed by atoms with Crippen LogP contribution in [-0.4, -0.2) is 24.6 Å². The summed E-state index contributed by atoms with van der Waals surface area (Å²) in [6.07, 6.45) is -2.58. The van der Waals surface area contributed by atoms with Crippen molar-refractivity contribution >= 4 is 7.12 Å². The molecule has 0 saturated carbocycles. The number of hydrogen-bond donors (Lipinski definition) is 0. The Bertz CT molecular complexity index is 166. The van der Waals surface area contributed by atoms with E-state index < -0.39 is 24.6 Å². The Kier molecular flexibility index (Phi) is 2.21. The maximum Gasteiger partial charge on any atom is 0.530 e. The molecule has 1 saturated heterocycles. The molecule has 12 heavy (non-hydrogen) atoms. The molecule has 1 rings (SSSR count). The Balaban J connectivity index is 2.74. The molecule has 0 radical (unpaired) electrons. The first-order valence-corrected chi connectivity index (χ1v) is 3.90. The SMILES string of the molecule is CC1(C)OB(C(F)F)OC1(C)C. The van der Waals surface area contributed by atoms with E-state index in [1.807, 2.05) is 0 Å². The summed E-state index contributed by atoms with van der Waals surface area (Å²) >= 11 is 0. The van der Waals surface area contributed by atoms with Gasteiger partial charge in [0.05, 0.1) is 11.2 Å². The van der Waals surface area contributed by atoms with Crippen molar-refractivity contribution in [2.75, 3.05) is 0 Å². The first-order chi connectivity index (χ1) is 5.26. The highest BCUT2D eigenvalue weighted by atomic mass is 19.3. The maximum atomic E-state index is 12.2. The van der Waals surface area contributed by atoms with Gasteiger partial charge in [-0.2, -0.15) is 0 Å². The molecule has 70 valence electrons. The normalized spacial score (nSPS) is 26.8. The summed E-state index contributed by atoms with van der Waals surface area (Å²) in [5.74, 6) is 0. The second kappa shape index (κ2) is 2.67. The molecule has 1 aliphatic heterocycles. The maximum absolute atomic E-state index is 12.2. The van der Waals surface area contributed by atoms with Crippen LogP contribution in [-0.2, 0) is 9.31 Å². The third-order valence-electron chi connectivity index (χ3n) is 2.48. The molecule has 0 N–H and O–H groups in total. The molecule has 5 heteroatoms. The van der Waals surface area contributed by atoms with Gasteiger partial charge in [0, 0.05) is 0 Å². The first-order valence-electron chi connectivity index (χ1n) is 3.90. The molecule has 1 aliphatic rings. The van der Waals surface area contributed by atoms with Crippen molar-refractivity contribution in [2.45, 2.75) is 45.2 Å². The molecule has 0 aliphatic carbocycles. The smallest absolute Gasteiger partial charge is 0.400 e. The molecule has 0 bridgehead atoms. The largest absolute Gasteiger partial charge is 0.530 e. The van der Waals surface area contributed by atoms with Crippen LogP contribution in [0, 0.1) is 0 Å². The Morgan fingerprint density at radius 3 is 1.50 bits per heavy atom. The molecule has 1 fully saturated rings. The highest BCUT2D eigenvalue weighted by Gasteiger charge is 2.54. The lowest BCUT2D eigenvalue weighted by atomic mass is 9.90. The van der Waals surface area contributed by atoms with Gasteiger partial charge in [-0.3, -0.25) is 0 Å². The van der Waals surface area contributed by atoms with Gasteiger partial charge < -0.3 is 9.31 Å². The Labute approximate surface area is 71.4 Å². The summed E-state index contributed by atoms with van der Waals surface area (Å²) in [5.41, 5.74) is -1.32. The molecule has 0 aromatic rings. The van der Waals surface area contributed by atoms with Crippen LogP contribution in [0.2, 0.25) is 0 Å². The predicted molar refractivity (Wildman–Crippen MR) is 42.1 cm³/mol. The topological polar surface area (TPSA) is 18.5 Å². The number of hydrogen-bond acceptors (Lipinski definition) is 2. The molecule has 2 nitrogen and oxygen atoms in total. The van der Waals surface area contributed by atoms with Gasteiger partial charge in [-0.05, 0) is 27.7 Å². The van der Waals surface area contributed by atoms with E-state index in [0.29, 0.717) is 0 Å². The van der Waals surface area contributed by atoms with Gasteiger partial charge in [0.25, 0.3) is 6.32 Å².